The number of anilines is 2. The number of nitrogens with zero attached hydrogens (tertiary/aromatic N) is 1. The number of ether oxygens (including phenoxy) is 1. The fourth-order valence-electron chi connectivity index (χ4n) is 2.64. The van der Waals surface area contributed by atoms with Crippen LogP contribution in [0, 0.1) is 5.82 Å². The largest absolute Gasteiger partial charge is 0.389 e. The van der Waals surface area contributed by atoms with Gasteiger partial charge in [-0.3, -0.25) is 9.59 Å². The molecule has 150 valence electrons. The maximum absolute atomic E-state index is 14.3. The van der Waals surface area contributed by atoms with Gasteiger partial charge >= 0.3 is 0 Å². The normalized spacial score (nSPS) is 15.4. The van der Waals surface area contributed by atoms with Crippen LogP contribution in [0.5, 0.6) is 0 Å². The van der Waals surface area contributed by atoms with E-state index in [1.807, 2.05) is 0 Å². The summed E-state index contributed by atoms with van der Waals surface area (Å²) in [6, 6.07) is 7.62. The number of amides is 2. The van der Waals surface area contributed by atoms with Gasteiger partial charge in [0.1, 0.15) is 12.4 Å². The van der Waals surface area contributed by atoms with Crippen molar-refractivity contribution in [3.63, 3.8) is 0 Å². The van der Waals surface area contributed by atoms with Crippen LogP contribution in [0.4, 0.5) is 15.8 Å². The second-order valence-corrected chi connectivity index (χ2v) is 7.83. The molecular formula is C18H19ClFN3O4S. The SMILES string of the molecule is O=C(NC[C@H](O)CNc1ccc(N2CCOCC2=O)cc1F)c1ccc(Cl)s1. The highest BCUT2D eigenvalue weighted by molar-refractivity contribution is 7.17. The topological polar surface area (TPSA) is 90.9 Å². The third-order valence-corrected chi connectivity index (χ3v) is 5.30. The lowest BCUT2D eigenvalue weighted by Gasteiger charge is -2.27. The highest BCUT2D eigenvalue weighted by atomic mass is 35.5. The number of halogens is 2. The molecule has 3 rings (SSSR count). The van der Waals surface area contributed by atoms with Crippen LogP contribution in [0.2, 0.25) is 4.34 Å². The van der Waals surface area contributed by atoms with Gasteiger partial charge in [-0.15, -0.1) is 11.3 Å². The number of nitrogens with one attached hydrogen (secondary N) is 2. The van der Waals surface area contributed by atoms with Crippen molar-refractivity contribution in [1.82, 2.24) is 5.32 Å². The highest BCUT2D eigenvalue weighted by Crippen LogP contribution is 2.23. The van der Waals surface area contributed by atoms with E-state index >= 15 is 0 Å². The lowest BCUT2D eigenvalue weighted by Crippen LogP contribution is -2.41. The summed E-state index contributed by atoms with van der Waals surface area (Å²) in [6.45, 7) is 0.806. The van der Waals surface area contributed by atoms with E-state index in [0.29, 0.717) is 28.1 Å². The van der Waals surface area contributed by atoms with E-state index in [0.717, 1.165) is 11.3 Å². The fraction of sp³-hybridized carbons (Fsp3) is 0.333. The number of aliphatic hydroxyl groups is 1. The minimum Gasteiger partial charge on any atom is -0.389 e. The van der Waals surface area contributed by atoms with Crippen molar-refractivity contribution in [2.75, 3.05) is 43.1 Å². The molecule has 0 aliphatic carbocycles. The van der Waals surface area contributed by atoms with Gasteiger partial charge in [-0.2, -0.15) is 0 Å². The Kier molecular flexibility index (Phi) is 6.84. The monoisotopic (exact) mass is 427 g/mol. The quantitative estimate of drug-likeness (QED) is 0.629. The van der Waals surface area contributed by atoms with Gasteiger partial charge in [0.25, 0.3) is 11.8 Å². The Morgan fingerprint density at radius 2 is 2.18 bits per heavy atom. The number of carbonyl (C=O) groups is 2. The second-order valence-electron chi connectivity index (χ2n) is 6.11. The minimum absolute atomic E-state index is 0.00331. The first kappa shape index (κ1) is 20.5. The molecule has 1 atom stereocenters. The van der Waals surface area contributed by atoms with Crippen LogP contribution in [0.3, 0.4) is 0 Å². The summed E-state index contributed by atoms with van der Waals surface area (Å²) in [4.78, 5) is 25.7. The number of rotatable bonds is 7. The van der Waals surface area contributed by atoms with Gasteiger partial charge in [0.2, 0.25) is 0 Å². The number of aliphatic hydroxyl groups excluding tert-OH is 1. The van der Waals surface area contributed by atoms with Crippen molar-refractivity contribution < 1.29 is 23.8 Å². The summed E-state index contributed by atoms with van der Waals surface area (Å²) in [5.74, 6) is -1.09. The predicted molar refractivity (Wildman–Crippen MR) is 106 cm³/mol. The first-order chi connectivity index (χ1) is 13.4. The maximum atomic E-state index is 14.3. The summed E-state index contributed by atoms with van der Waals surface area (Å²) in [6.07, 6.45) is -0.917. The van der Waals surface area contributed by atoms with Crippen molar-refractivity contribution in [2.45, 2.75) is 6.10 Å². The van der Waals surface area contributed by atoms with Gasteiger partial charge in [0.05, 0.1) is 27.6 Å². The smallest absolute Gasteiger partial charge is 0.261 e. The molecule has 10 heteroatoms. The van der Waals surface area contributed by atoms with Gasteiger partial charge in [-0.25, -0.2) is 4.39 Å². The lowest BCUT2D eigenvalue weighted by atomic mass is 10.2. The number of hydrogen-bond acceptors (Lipinski definition) is 6. The van der Waals surface area contributed by atoms with Gasteiger partial charge in [0.15, 0.2) is 0 Å². The molecule has 0 bridgehead atoms. The Labute approximate surface area is 170 Å². The zero-order chi connectivity index (χ0) is 20.1. The molecule has 28 heavy (non-hydrogen) atoms. The minimum atomic E-state index is -0.917. The third-order valence-electron chi connectivity index (χ3n) is 4.07. The molecule has 0 radical (unpaired) electrons. The van der Waals surface area contributed by atoms with Crippen LogP contribution < -0.4 is 15.5 Å². The third kappa shape index (κ3) is 5.20. The molecule has 2 amide bonds. The highest BCUT2D eigenvalue weighted by Gasteiger charge is 2.21. The molecule has 1 aliphatic heterocycles. The average Bonchev–Trinajstić information content (AvgIpc) is 3.12. The summed E-state index contributed by atoms with van der Waals surface area (Å²) < 4.78 is 19.9. The first-order valence-corrected chi connectivity index (χ1v) is 9.76. The molecule has 3 N–H and O–H groups in total. The Bertz CT molecular complexity index is 863. The summed E-state index contributed by atoms with van der Waals surface area (Å²) in [5, 5.41) is 15.4. The molecule has 0 spiro atoms. The second kappa shape index (κ2) is 9.33. The van der Waals surface area contributed by atoms with Gasteiger partial charge < -0.3 is 25.4 Å². The Balaban J connectivity index is 1.49. The molecule has 0 saturated carbocycles. The maximum Gasteiger partial charge on any atom is 0.261 e. The van der Waals surface area contributed by atoms with Crippen molar-refractivity contribution >= 4 is 46.1 Å². The Morgan fingerprint density at radius 1 is 1.36 bits per heavy atom. The number of hydrogen-bond donors (Lipinski definition) is 3. The van der Waals surface area contributed by atoms with E-state index in [2.05, 4.69) is 10.6 Å². The molecule has 7 nitrogen and oxygen atoms in total. The van der Waals surface area contributed by atoms with Crippen molar-refractivity contribution in [1.29, 1.82) is 0 Å². The van der Waals surface area contributed by atoms with Crippen molar-refractivity contribution in [2.24, 2.45) is 0 Å². The first-order valence-electron chi connectivity index (χ1n) is 8.57. The average molecular weight is 428 g/mol. The van der Waals surface area contributed by atoms with E-state index < -0.39 is 11.9 Å². The Hall–Kier alpha value is -2.20. The lowest BCUT2D eigenvalue weighted by molar-refractivity contribution is -0.125. The van der Waals surface area contributed by atoms with Gasteiger partial charge in [-0.1, -0.05) is 11.6 Å². The van der Waals surface area contributed by atoms with Gasteiger partial charge in [0, 0.05) is 25.3 Å². The van der Waals surface area contributed by atoms with Crippen LogP contribution in [-0.2, 0) is 9.53 Å². The molecule has 2 heterocycles. The predicted octanol–water partition coefficient (Wildman–Crippen LogP) is 2.11. The van der Waals surface area contributed by atoms with Crippen LogP contribution in [0.25, 0.3) is 0 Å². The van der Waals surface area contributed by atoms with Crippen molar-refractivity contribution in [3.05, 3.63) is 45.4 Å². The fourth-order valence-corrected chi connectivity index (χ4v) is 3.60. The number of thiophene rings is 1. The van der Waals surface area contributed by atoms with Crippen LogP contribution in [0.15, 0.2) is 30.3 Å². The number of carbonyl (C=O) groups excluding carboxylic acids is 2. The van der Waals surface area contributed by atoms with E-state index in [1.165, 1.54) is 17.0 Å². The van der Waals surface area contributed by atoms with E-state index in [1.54, 1.807) is 18.2 Å². The molecule has 1 saturated heterocycles. The van der Waals surface area contributed by atoms with Crippen molar-refractivity contribution in [3.8, 4) is 0 Å². The standard InChI is InChI=1S/C18H19ClFN3O4S/c19-16-4-3-15(28-16)18(26)22-9-12(24)8-21-14-2-1-11(7-13(14)20)23-5-6-27-10-17(23)25/h1-4,7,12,21,24H,5-6,8-10H2,(H,22,26)/t12-/m1/s1. The van der Waals surface area contributed by atoms with Crippen LogP contribution in [-0.4, -0.2) is 55.9 Å². The van der Waals surface area contributed by atoms with E-state index in [-0.39, 0.29) is 37.2 Å². The molecule has 1 fully saturated rings. The zero-order valence-corrected chi connectivity index (χ0v) is 16.4. The zero-order valence-electron chi connectivity index (χ0n) is 14.8. The molecule has 1 aromatic carbocycles. The summed E-state index contributed by atoms with van der Waals surface area (Å²) >= 11 is 6.93. The van der Waals surface area contributed by atoms with E-state index in [9.17, 15) is 19.1 Å². The van der Waals surface area contributed by atoms with Gasteiger partial charge in [-0.05, 0) is 30.3 Å². The van der Waals surface area contributed by atoms with E-state index in [4.69, 9.17) is 16.3 Å². The molecule has 1 aromatic heterocycles. The number of benzene rings is 1. The molecule has 1 aliphatic rings. The molecule has 0 unspecified atom stereocenters. The molecule has 2 aromatic rings. The summed E-state index contributed by atoms with van der Waals surface area (Å²) in [7, 11) is 0. The number of morpholine rings is 1. The molecular weight excluding hydrogens is 409 g/mol. The Morgan fingerprint density at radius 3 is 2.86 bits per heavy atom. The van der Waals surface area contributed by atoms with Crippen LogP contribution in [0.1, 0.15) is 9.67 Å². The van der Waals surface area contributed by atoms with Crippen LogP contribution >= 0.6 is 22.9 Å². The summed E-state index contributed by atoms with van der Waals surface area (Å²) in [5.41, 5.74) is 0.652.